The predicted octanol–water partition coefficient (Wildman–Crippen LogP) is 2.90. The van der Waals surface area contributed by atoms with E-state index in [1.165, 1.54) is 5.56 Å². The van der Waals surface area contributed by atoms with E-state index in [-0.39, 0.29) is 0 Å². The van der Waals surface area contributed by atoms with Crippen LogP contribution in [-0.4, -0.2) is 26.3 Å². The van der Waals surface area contributed by atoms with Gasteiger partial charge in [0, 0.05) is 18.2 Å². The van der Waals surface area contributed by atoms with Crippen molar-refractivity contribution in [2.45, 2.75) is 25.8 Å². The summed E-state index contributed by atoms with van der Waals surface area (Å²) >= 11 is 5.85. The molecule has 16 heavy (non-hydrogen) atoms. The van der Waals surface area contributed by atoms with E-state index < -0.39 is 0 Å². The van der Waals surface area contributed by atoms with Crippen LogP contribution in [0.25, 0.3) is 0 Å². The third-order valence-electron chi connectivity index (χ3n) is 2.45. The van der Waals surface area contributed by atoms with Crippen LogP contribution in [0.15, 0.2) is 24.3 Å². The van der Waals surface area contributed by atoms with Crippen LogP contribution in [0, 0.1) is 0 Å². The lowest BCUT2D eigenvalue weighted by molar-refractivity contribution is 0.166. The first kappa shape index (κ1) is 13.5. The quantitative estimate of drug-likeness (QED) is 0.793. The summed E-state index contributed by atoms with van der Waals surface area (Å²) in [4.78, 5) is 0. The molecule has 0 aliphatic rings. The van der Waals surface area contributed by atoms with Gasteiger partial charge in [0.2, 0.25) is 0 Å². The van der Waals surface area contributed by atoms with Crippen LogP contribution in [0.5, 0.6) is 0 Å². The van der Waals surface area contributed by atoms with Gasteiger partial charge in [-0.25, -0.2) is 0 Å². The zero-order valence-electron chi connectivity index (χ0n) is 10.0. The van der Waals surface area contributed by atoms with Crippen molar-refractivity contribution in [3.8, 4) is 0 Å². The van der Waals surface area contributed by atoms with Crippen LogP contribution in [-0.2, 0) is 11.2 Å². The standard InChI is InChI=1S/C13H20ClNO/c1-3-8-15-13(10-16-2)9-11-4-6-12(14)7-5-11/h4-7,13,15H,3,8-10H2,1-2H3. The van der Waals surface area contributed by atoms with E-state index in [4.69, 9.17) is 16.3 Å². The third kappa shape index (κ3) is 4.97. The monoisotopic (exact) mass is 241 g/mol. The molecular weight excluding hydrogens is 222 g/mol. The van der Waals surface area contributed by atoms with Crippen LogP contribution in [0.3, 0.4) is 0 Å². The molecule has 0 amide bonds. The van der Waals surface area contributed by atoms with Crippen molar-refractivity contribution in [2.24, 2.45) is 0 Å². The fourth-order valence-corrected chi connectivity index (χ4v) is 1.77. The molecule has 0 heterocycles. The minimum atomic E-state index is 0.381. The van der Waals surface area contributed by atoms with E-state index in [1.807, 2.05) is 12.1 Å². The molecular formula is C13H20ClNO. The van der Waals surface area contributed by atoms with E-state index in [2.05, 4.69) is 24.4 Å². The second-order valence-electron chi connectivity index (χ2n) is 3.94. The number of ether oxygens (including phenoxy) is 1. The average Bonchev–Trinajstić information content (AvgIpc) is 2.29. The first-order chi connectivity index (χ1) is 7.76. The molecule has 2 nitrogen and oxygen atoms in total. The summed E-state index contributed by atoms with van der Waals surface area (Å²) in [6.45, 7) is 3.93. The lowest BCUT2D eigenvalue weighted by atomic mass is 10.1. The van der Waals surface area contributed by atoms with Gasteiger partial charge in [-0.05, 0) is 37.1 Å². The Kier molecular flexibility index (Phi) is 6.46. The topological polar surface area (TPSA) is 21.3 Å². The summed E-state index contributed by atoms with van der Waals surface area (Å²) in [6.07, 6.45) is 2.12. The van der Waals surface area contributed by atoms with Crippen LogP contribution < -0.4 is 5.32 Å². The summed E-state index contributed by atoms with van der Waals surface area (Å²) in [5.41, 5.74) is 1.29. The Hall–Kier alpha value is -0.570. The van der Waals surface area contributed by atoms with Gasteiger partial charge in [0.25, 0.3) is 0 Å². The number of benzene rings is 1. The number of hydrogen-bond donors (Lipinski definition) is 1. The predicted molar refractivity (Wildman–Crippen MR) is 69.1 cm³/mol. The maximum Gasteiger partial charge on any atom is 0.0619 e. The molecule has 1 aromatic rings. The fraction of sp³-hybridized carbons (Fsp3) is 0.538. The van der Waals surface area contributed by atoms with Gasteiger partial charge in [-0.2, -0.15) is 0 Å². The van der Waals surface area contributed by atoms with Gasteiger partial charge in [-0.15, -0.1) is 0 Å². The first-order valence-electron chi connectivity index (χ1n) is 5.73. The Morgan fingerprint density at radius 3 is 2.56 bits per heavy atom. The summed E-state index contributed by atoms with van der Waals surface area (Å²) in [7, 11) is 1.74. The molecule has 0 saturated heterocycles. The highest BCUT2D eigenvalue weighted by Crippen LogP contribution is 2.11. The van der Waals surface area contributed by atoms with Crippen LogP contribution in [0.1, 0.15) is 18.9 Å². The van der Waals surface area contributed by atoms with Crippen molar-refractivity contribution in [1.29, 1.82) is 0 Å². The molecule has 0 saturated carbocycles. The number of rotatable bonds is 7. The minimum absolute atomic E-state index is 0.381. The van der Waals surface area contributed by atoms with Gasteiger partial charge in [0.1, 0.15) is 0 Å². The highest BCUT2D eigenvalue weighted by molar-refractivity contribution is 6.30. The van der Waals surface area contributed by atoms with Crippen LogP contribution in [0.2, 0.25) is 5.02 Å². The zero-order chi connectivity index (χ0) is 11.8. The largest absolute Gasteiger partial charge is 0.383 e. The molecule has 1 unspecified atom stereocenters. The van der Waals surface area contributed by atoms with E-state index in [0.29, 0.717) is 6.04 Å². The number of nitrogens with one attached hydrogen (secondary N) is 1. The first-order valence-corrected chi connectivity index (χ1v) is 6.10. The lowest BCUT2D eigenvalue weighted by Crippen LogP contribution is -2.35. The van der Waals surface area contributed by atoms with Gasteiger partial charge in [0.05, 0.1) is 6.61 Å². The molecule has 0 aliphatic heterocycles. The lowest BCUT2D eigenvalue weighted by Gasteiger charge is -2.17. The zero-order valence-corrected chi connectivity index (χ0v) is 10.8. The Labute approximate surface area is 103 Å². The number of halogens is 1. The molecule has 3 heteroatoms. The maximum atomic E-state index is 5.85. The Balaban J connectivity index is 2.49. The van der Waals surface area contributed by atoms with Crippen molar-refractivity contribution in [1.82, 2.24) is 5.32 Å². The Morgan fingerprint density at radius 2 is 2.00 bits per heavy atom. The molecule has 0 fully saturated rings. The molecule has 1 N–H and O–H groups in total. The van der Waals surface area contributed by atoms with E-state index in [9.17, 15) is 0 Å². The molecule has 1 rings (SSSR count). The second-order valence-corrected chi connectivity index (χ2v) is 4.37. The smallest absolute Gasteiger partial charge is 0.0619 e. The molecule has 0 radical (unpaired) electrons. The van der Waals surface area contributed by atoms with Gasteiger partial charge in [-0.3, -0.25) is 0 Å². The van der Waals surface area contributed by atoms with Crippen molar-refractivity contribution < 1.29 is 4.74 Å². The van der Waals surface area contributed by atoms with Crippen LogP contribution >= 0.6 is 11.6 Å². The van der Waals surface area contributed by atoms with Crippen molar-refractivity contribution in [2.75, 3.05) is 20.3 Å². The minimum Gasteiger partial charge on any atom is -0.383 e. The SMILES string of the molecule is CCCNC(COC)Cc1ccc(Cl)cc1. The van der Waals surface area contributed by atoms with Gasteiger partial charge in [-0.1, -0.05) is 30.7 Å². The molecule has 90 valence electrons. The second kappa shape index (κ2) is 7.66. The van der Waals surface area contributed by atoms with Crippen molar-refractivity contribution in [3.05, 3.63) is 34.9 Å². The van der Waals surface area contributed by atoms with Gasteiger partial charge < -0.3 is 10.1 Å². The van der Waals surface area contributed by atoms with Crippen molar-refractivity contribution in [3.63, 3.8) is 0 Å². The normalized spacial score (nSPS) is 12.7. The Morgan fingerprint density at radius 1 is 1.31 bits per heavy atom. The molecule has 0 spiro atoms. The van der Waals surface area contributed by atoms with E-state index >= 15 is 0 Å². The highest BCUT2D eigenvalue weighted by Gasteiger charge is 2.07. The van der Waals surface area contributed by atoms with Gasteiger partial charge in [0.15, 0.2) is 0 Å². The summed E-state index contributed by atoms with van der Waals surface area (Å²) in [5.74, 6) is 0. The molecule has 0 bridgehead atoms. The summed E-state index contributed by atoms with van der Waals surface area (Å²) in [5, 5.41) is 4.26. The number of hydrogen-bond acceptors (Lipinski definition) is 2. The van der Waals surface area contributed by atoms with E-state index in [1.54, 1.807) is 7.11 Å². The summed E-state index contributed by atoms with van der Waals surface area (Å²) < 4.78 is 5.21. The Bertz CT molecular complexity index is 286. The highest BCUT2D eigenvalue weighted by atomic mass is 35.5. The average molecular weight is 242 g/mol. The fourth-order valence-electron chi connectivity index (χ4n) is 1.64. The molecule has 0 aliphatic carbocycles. The molecule has 1 atom stereocenters. The van der Waals surface area contributed by atoms with E-state index in [0.717, 1.165) is 31.0 Å². The van der Waals surface area contributed by atoms with Crippen LogP contribution in [0.4, 0.5) is 0 Å². The number of methoxy groups -OCH3 is 1. The molecule has 1 aromatic carbocycles. The summed E-state index contributed by atoms with van der Waals surface area (Å²) in [6, 6.07) is 8.38. The van der Waals surface area contributed by atoms with Gasteiger partial charge >= 0.3 is 0 Å². The third-order valence-corrected chi connectivity index (χ3v) is 2.70. The van der Waals surface area contributed by atoms with Crippen molar-refractivity contribution >= 4 is 11.6 Å². The maximum absolute atomic E-state index is 5.85. The molecule has 0 aromatic heterocycles.